The number of anilines is 1. The predicted molar refractivity (Wildman–Crippen MR) is 143 cm³/mol. The molecule has 4 rings (SSSR count). The highest BCUT2D eigenvalue weighted by molar-refractivity contribution is 5.60. The second-order valence-corrected chi connectivity index (χ2v) is 10.8. The minimum absolute atomic E-state index is 0.0807. The van der Waals surface area contributed by atoms with Gasteiger partial charge in [0, 0.05) is 55.4 Å². The second-order valence-electron chi connectivity index (χ2n) is 10.8. The molecule has 234 valence electrons. The van der Waals surface area contributed by atoms with Crippen molar-refractivity contribution in [2.75, 3.05) is 18.1 Å². The van der Waals surface area contributed by atoms with Crippen molar-refractivity contribution in [3.05, 3.63) is 59.7 Å². The van der Waals surface area contributed by atoms with E-state index in [1.807, 2.05) is 20.8 Å². The second kappa shape index (κ2) is 12.8. The van der Waals surface area contributed by atoms with Crippen LogP contribution >= 0.6 is 0 Å². The van der Waals surface area contributed by atoms with Gasteiger partial charge in [0.25, 0.3) is 0 Å². The highest BCUT2D eigenvalue weighted by Gasteiger charge is 2.40. The Balaban J connectivity index is 1.68. The summed E-state index contributed by atoms with van der Waals surface area (Å²) in [6.07, 6.45) is -3.62. The fraction of sp³-hybridized carbons (Fsp3) is 0.500. The van der Waals surface area contributed by atoms with Gasteiger partial charge in [-0.1, -0.05) is 20.8 Å². The van der Waals surface area contributed by atoms with Crippen molar-refractivity contribution in [3.8, 4) is 11.1 Å². The number of aromatic nitrogens is 4. The quantitative estimate of drug-likeness (QED) is 0.200. The summed E-state index contributed by atoms with van der Waals surface area (Å²) in [4.78, 5) is 28.1. The Morgan fingerprint density at radius 3 is 2.16 bits per heavy atom. The van der Waals surface area contributed by atoms with E-state index in [-0.39, 0.29) is 49.2 Å². The Hall–Kier alpha value is -3.88. The van der Waals surface area contributed by atoms with E-state index in [0.29, 0.717) is 30.5 Å². The molecule has 3 aromatic rings. The summed E-state index contributed by atoms with van der Waals surface area (Å²) in [6.45, 7) is 5.47. The van der Waals surface area contributed by atoms with E-state index in [4.69, 9.17) is 9.57 Å². The standard InChI is InChI=1S/C28H32F6N6O3/c1-5-23-9-24(15-40(23)43-26(41)42-16-17(2)3)39(25-35-10-19(11-36-25)20-12-37-38(4)14-20)13-18-6-21(27(29,30)31)8-22(7-18)28(32,33)34/h6-8,10-12,14,17,23-24H,5,9,13,15-16H2,1-4H3/t23-,24+/m1/s1. The fourth-order valence-electron chi connectivity index (χ4n) is 4.79. The van der Waals surface area contributed by atoms with Gasteiger partial charge in [0.2, 0.25) is 5.95 Å². The zero-order valence-corrected chi connectivity index (χ0v) is 24.0. The highest BCUT2D eigenvalue weighted by atomic mass is 19.4. The first kappa shape index (κ1) is 32.0. The van der Waals surface area contributed by atoms with Crippen molar-refractivity contribution >= 4 is 12.1 Å². The number of hydrogen-bond acceptors (Lipinski definition) is 8. The monoisotopic (exact) mass is 614 g/mol. The number of benzene rings is 1. The molecule has 1 fully saturated rings. The van der Waals surface area contributed by atoms with Crippen LogP contribution in [-0.2, 0) is 35.5 Å². The molecule has 15 heteroatoms. The molecule has 1 saturated heterocycles. The van der Waals surface area contributed by atoms with Gasteiger partial charge < -0.3 is 14.5 Å². The molecular formula is C28H32F6N6O3. The lowest BCUT2D eigenvalue weighted by atomic mass is 10.0. The molecule has 9 nitrogen and oxygen atoms in total. The van der Waals surface area contributed by atoms with Crippen LogP contribution < -0.4 is 4.90 Å². The van der Waals surface area contributed by atoms with Gasteiger partial charge in [-0.25, -0.2) is 14.8 Å². The topological polar surface area (TPSA) is 85.6 Å². The molecule has 0 bridgehead atoms. The van der Waals surface area contributed by atoms with Crippen LogP contribution in [0, 0.1) is 5.92 Å². The van der Waals surface area contributed by atoms with Crippen LogP contribution in [0.5, 0.6) is 0 Å². The van der Waals surface area contributed by atoms with Crippen LogP contribution in [0.2, 0.25) is 0 Å². The average molecular weight is 615 g/mol. The molecule has 0 saturated carbocycles. The van der Waals surface area contributed by atoms with Gasteiger partial charge in [0.1, 0.15) is 0 Å². The summed E-state index contributed by atoms with van der Waals surface area (Å²) in [5.74, 6) is 0.167. The molecule has 0 amide bonds. The maximum atomic E-state index is 13.6. The molecule has 0 N–H and O–H groups in total. The van der Waals surface area contributed by atoms with E-state index in [0.717, 1.165) is 5.56 Å². The SMILES string of the molecule is CC[C@@H]1C[C@H](N(Cc2cc(C(F)(F)F)cc(C(F)(F)F)c2)c2ncc(-c3cnn(C)c3)cn2)CN1OC(=O)OCC(C)C. The van der Waals surface area contributed by atoms with Crippen molar-refractivity contribution in [2.45, 2.75) is 64.6 Å². The lowest BCUT2D eigenvalue weighted by Crippen LogP contribution is -2.39. The van der Waals surface area contributed by atoms with Gasteiger partial charge in [0.05, 0.1) is 30.5 Å². The Labute approximate surface area is 244 Å². The Kier molecular flexibility index (Phi) is 9.52. The molecule has 43 heavy (non-hydrogen) atoms. The van der Waals surface area contributed by atoms with E-state index in [9.17, 15) is 31.1 Å². The first-order valence-corrected chi connectivity index (χ1v) is 13.6. The lowest BCUT2D eigenvalue weighted by Gasteiger charge is -2.29. The Morgan fingerprint density at radius 1 is 1.02 bits per heavy atom. The number of alkyl halides is 6. The molecule has 1 aromatic carbocycles. The van der Waals surface area contributed by atoms with Gasteiger partial charge in [-0.3, -0.25) is 4.68 Å². The fourth-order valence-corrected chi connectivity index (χ4v) is 4.79. The number of carbonyl (C=O) groups is 1. The number of ether oxygens (including phenoxy) is 1. The molecule has 3 heterocycles. The summed E-state index contributed by atoms with van der Waals surface area (Å²) < 4.78 is 88.4. The molecule has 0 unspecified atom stereocenters. The number of hydroxylamine groups is 2. The van der Waals surface area contributed by atoms with Gasteiger partial charge in [-0.05, 0) is 42.5 Å². The molecule has 0 aliphatic carbocycles. The van der Waals surface area contributed by atoms with E-state index in [1.54, 1.807) is 24.1 Å². The minimum Gasteiger partial charge on any atom is -0.433 e. The van der Waals surface area contributed by atoms with Crippen molar-refractivity contribution < 1.29 is 40.7 Å². The molecule has 0 spiro atoms. The normalized spacial score (nSPS) is 17.8. The molecule has 1 aliphatic heterocycles. The number of halogens is 6. The zero-order chi connectivity index (χ0) is 31.5. The van der Waals surface area contributed by atoms with Crippen LogP contribution in [0.1, 0.15) is 50.3 Å². The zero-order valence-electron chi connectivity index (χ0n) is 24.0. The van der Waals surface area contributed by atoms with Crippen LogP contribution in [-0.4, -0.2) is 56.2 Å². The van der Waals surface area contributed by atoms with Crippen molar-refractivity contribution in [2.24, 2.45) is 13.0 Å². The van der Waals surface area contributed by atoms with Crippen LogP contribution in [0.25, 0.3) is 11.1 Å². The number of carbonyl (C=O) groups excluding carboxylic acids is 1. The van der Waals surface area contributed by atoms with Crippen LogP contribution in [0.15, 0.2) is 43.0 Å². The molecule has 2 aromatic heterocycles. The Bertz CT molecular complexity index is 1360. The first-order valence-electron chi connectivity index (χ1n) is 13.6. The third-order valence-corrected chi connectivity index (χ3v) is 6.91. The maximum Gasteiger partial charge on any atom is 0.527 e. The summed E-state index contributed by atoms with van der Waals surface area (Å²) in [6, 6.07) is 0.650. The summed E-state index contributed by atoms with van der Waals surface area (Å²) in [5.41, 5.74) is -1.72. The summed E-state index contributed by atoms with van der Waals surface area (Å²) >= 11 is 0. The van der Waals surface area contributed by atoms with Crippen LogP contribution in [0.3, 0.4) is 0 Å². The number of aryl methyl sites for hydroxylation is 1. The predicted octanol–water partition coefficient (Wildman–Crippen LogP) is 6.50. The van der Waals surface area contributed by atoms with Crippen molar-refractivity contribution in [3.63, 3.8) is 0 Å². The molecule has 1 aliphatic rings. The number of nitrogens with zero attached hydrogens (tertiary/aromatic N) is 6. The van der Waals surface area contributed by atoms with Gasteiger partial charge in [-0.15, -0.1) is 5.06 Å². The molecule has 0 radical (unpaired) electrons. The average Bonchev–Trinajstić information content (AvgIpc) is 3.55. The maximum absolute atomic E-state index is 13.6. The molecular weight excluding hydrogens is 582 g/mol. The number of hydrogen-bond donors (Lipinski definition) is 0. The lowest BCUT2D eigenvalue weighted by molar-refractivity contribution is -0.143. The van der Waals surface area contributed by atoms with Crippen molar-refractivity contribution in [1.29, 1.82) is 0 Å². The summed E-state index contributed by atoms with van der Waals surface area (Å²) in [5, 5.41) is 5.54. The van der Waals surface area contributed by atoms with E-state index < -0.39 is 35.7 Å². The van der Waals surface area contributed by atoms with Gasteiger partial charge >= 0.3 is 18.5 Å². The van der Waals surface area contributed by atoms with Crippen molar-refractivity contribution in [1.82, 2.24) is 24.8 Å². The van der Waals surface area contributed by atoms with E-state index >= 15 is 0 Å². The Morgan fingerprint density at radius 2 is 1.65 bits per heavy atom. The van der Waals surface area contributed by atoms with Crippen LogP contribution in [0.4, 0.5) is 37.1 Å². The minimum atomic E-state index is -5.00. The third kappa shape index (κ3) is 8.15. The highest BCUT2D eigenvalue weighted by Crippen LogP contribution is 2.37. The third-order valence-electron chi connectivity index (χ3n) is 6.91. The first-order chi connectivity index (χ1) is 20.1. The van der Waals surface area contributed by atoms with E-state index in [2.05, 4.69) is 15.1 Å². The van der Waals surface area contributed by atoms with Gasteiger partial charge in [0.15, 0.2) is 0 Å². The largest absolute Gasteiger partial charge is 0.527 e. The number of rotatable bonds is 9. The molecule has 2 atom stereocenters. The van der Waals surface area contributed by atoms with E-state index in [1.165, 1.54) is 22.4 Å². The smallest absolute Gasteiger partial charge is 0.433 e. The summed E-state index contributed by atoms with van der Waals surface area (Å²) in [7, 11) is 1.74. The van der Waals surface area contributed by atoms with Gasteiger partial charge in [-0.2, -0.15) is 31.4 Å².